The molecule has 0 spiro atoms. The Kier molecular flexibility index (Phi) is 8.45. The standard InChI is InChI=1S/C23H26ClFN6O5/c1-12(10-32)30(8-19(34)28-17(11-33)14-3-2-4-16(24)21(14)25)20(35)9-31-18-6-5-13(26)7-15(18)22(29-31)23(27)36/h2-7,12,17,32-33H,8-11,26H2,1H3,(H2,27,36)(H,28,34). The number of primary amides is 1. The molecule has 0 aliphatic heterocycles. The number of halogens is 2. The van der Waals surface area contributed by atoms with E-state index in [0.717, 1.165) is 4.90 Å². The molecule has 0 bridgehead atoms. The summed E-state index contributed by atoms with van der Waals surface area (Å²) in [5, 5.41) is 26.2. The van der Waals surface area contributed by atoms with Gasteiger partial charge >= 0.3 is 0 Å². The second-order valence-corrected chi connectivity index (χ2v) is 8.55. The van der Waals surface area contributed by atoms with E-state index in [2.05, 4.69) is 10.4 Å². The predicted molar refractivity (Wildman–Crippen MR) is 130 cm³/mol. The number of anilines is 1. The summed E-state index contributed by atoms with van der Waals surface area (Å²) in [4.78, 5) is 38.9. The second kappa shape index (κ2) is 11.3. The Labute approximate surface area is 210 Å². The highest BCUT2D eigenvalue weighted by Gasteiger charge is 2.26. The van der Waals surface area contributed by atoms with Crippen LogP contribution in [0.1, 0.15) is 29.0 Å². The highest BCUT2D eigenvalue weighted by molar-refractivity contribution is 6.30. The molecule has 13 heteroatoms. The molecule has 0 aliphatic carbocycles. The molecule has 0 saturated carbocycles. The van der Waals surface area contributed by atoms with Crippen molar-refractivity contribution in [3.63, 3.8) is 0 Å². The van der Waals surface area contributed by atoms with E-state index in [-0.39, 0.29) is 22.8 Å². The number of fused-ring (bicyclic) bond motifs is 1. The smallest absolute Gasteiger partial charge is 0.269 e. The van der Waals surface area contributed by atoms with Crippen molar-refractivity contribution in [2.45, 2.75) is 25.6 Å². The summed E-state index contributed by atoms with van der Waals surface area (Å²) in [5.74, 6) is -2.90. The van der Waals surface area contributed by atoms with Crippen molar-refractivity contribution < 1.29 is 29.0 Å². The summed E-state index contributed by atoms with van der Waals surface area (Å²) in [6.45, 7) is -0.424. The van der Waals surface area contributed by atoms with E-state index < -0.39 is 55.4 Å². The monoisotopic (exact) mass is 520 g/mol. The molecule has 7 N–H and O–H groups in total. The third-order valence-electron chi connectivity index (χ3n) is 5.60. The Balaban J connectivity index is 1.82. The van der Waals surface area contributed by atoms with Crippen LogP contribution in [-0.4, -0.2) is 68.4 Å². The number of amides is 3. The zero-order valence-corrected chi connectivity index (χ0v) is 20.1. The maximum Gasteiger partial charge on any atom is 0.269 e. The molecule has 2 aromatic carbocycles. The van der Waals surface area contributed by atoms with Crippen LogP contribution >= 0.6 is 11.6 Å². The number of carbonyl (C=O) groups excluding carboxylic acids is 3. The van der Waals surface area contributed by atoms with Gasteiger partial charge in [0.2, 0.25) is 11.8 Å². The fourth-order valence-electron chi connectivity index (χ4n) is 3.71. The van der Waals surface area contributed by atoms with Gasteiger partial charge in [0, 0.05) is 16.6 Å². The largest absolute Gasteiger partial charge is 0.399 e. The van der Waals surface area contributed by atoms with Crippen molar-refractivity contribution in [3.05, 3.63) is 58.5 Å². The van der Waals surface area contributed by atoms with Crippen LogP contribution in [0.15, 0.2) is 36.4 Å². The lowest BCUT2D eigenvalue weighted by atomic mass is 10.1. The zero-order chi connectivity index (χ0) is 26.6. The minimum atomic E-state index is -1.11. The lowest BCUT2D eigenvalue weighted by Gasteiger charge is -2.28. The first-order valence-electron chi connectivity index (χ1n) is 10.9. The minimum Gasteiger partial charge on any atom is -0.399 e. The van der Waals surface area contributed by atoms with Gasteiger partial charge in [-0.05, 0) is 31.2 Å². The molecule has 0 fully saturated rings. The van der Waals surface area contributed by atoms with E-state index in [1.807, 2.05) is 0 Å². The molecule has 11 nitrogen and oxygen atoms in total. The van der Waals surface area contributed by atoms with Crippen LogP contribution in [0.25, 0.3) is 10.9 Å². The van der Waals surface area contributed by atoms with Gasteiger partial charge in [-0.2, -0.15) is 5.10 Å². The van der Waals surface area contributed by atoms with E-state index in [4.69, 9.17) is 23.1 Å². The van der Waals surface area contributed by atoms with Gasteiger partial charge in [0.05, 0.1) is 42.4 Å². The number of nitrogens with two attached hydrogens (primary N) is 2. The van der Waals surface area contributed by atoms with Crippen LogP contribution in [-0.2, 0) is 16.1 Å². The van der Waals surface area contributed by atoms with E-state index in [1.165, 1.54) is 35.9 Å². The molecule has 3 amide bonds. The maximum absolute atomic E-state index is 14.4. The maximum atomic E-state index is 14.4. The first-order valence-corrected chi connectivity index (χ1v) is 11.2. The highest BCUT2D eigenvalue weighted by atomic mass is 35.5. The summed E-state index contributed by atoms with van der Waals surface area (Å²) in [6, 6.07) is 6.94. The number of rotatable bonds is 10. The number of aliphatic hydroxyl groups is 2. The Bertz CT molecular complexity index is 1300. The molecule has 3 rings (SSSR count). The van der Waals surface area contributed by atoms with E-state index in [9.17, 15) is 29.0 Å². The average molecular weight is 521 g/mol. The highest BCUT2D eigenvalue weighted by Crippen LogP contribution is 2.24. The topological polar surface area (TPSA) is 177 Å². The SMILES string of the molecule is CC(CO)N(CC(=O)NC(CO)c1cccc(Cl)c1F)C(=O)Cn1nc(C(N)=O)c2cc(N)ccc21. The number of hydrogen-bond acceptors (Lipinski definition) is 7. The third-order valence-corrected chi connectivity index (χ3v) is 5.89. The predicted octanol–water partition coefficient (Wildman–Crippen LogP) is 0.569. The average Bonchev–Trinajstić information content (AvgIpc) is 3.19. The van der Waals surface area contributed by atoms with Crippen LogP contribution in [0, 0.1) is 5.82 Å². The normalized spacial score (nSPS) is 12.8. The summed E-state index contributed by atoms with van der Waals surface area (Å²) in [7, 11) is 0. The number of benzene rings is 2. The third kappa shape index (κ3) is 5.73. The molecule has 192 valence electrons. The lowest BCUT2D eigenvalue weighted by molar-refractivity contribution is -0.139. The summed E-state index contributed by atoms with van der Waals surface area (Å²) < 4.78 is 15.6. The number of nitrogen functional groups attached to an aromatic ring is 1. The summed E-state index contributed by atoms with van der Waals surface area (Å²) in [5.41, 5.74) is 11.9. The Morgan fingerprint density at radius 1 is 1.22 bits per heavy atom. The van der Waals surface area contributed by atoms with Crippen LogP contribution in [0.4, 0.5) is 10.1 Å². The van der Waals surface area contributed by atoms with E-state index in [1.54, 1.807) is 12.1 Å². The molecular formula is C23H26ClFN6O5. The fourth-order valence-corrected chi connectivity index (χ4v) is 3.89. The molecule has 3 aromatic rings. The van der Waals surface area contributed by atoms with Crippen molar-refractivity contribution in [2.75, 3.05) is 25.5 Å². The zero-order valence-electron chi connectivity index (χ0n) is 19.3. The van der Waals surface area contributed by atoms with Crippen molar-refractivity contribution in [1.29, 1.82) is 0 Å². The van der Waals surface area contributed by atoms with Gasteiger partial charge in [-0.25, -0.2) is 4.39 Å². The number of nitrogens with zero attached hydrogens (tertiary/aromatic N) is 3. The van der Waals surface area contributed by atoms with Gasteiger partial charge in [-0.3, -0.25) is 19.1 Å². The molecule has 0 radical (unpaired) electrons. The summed E-state index contributed by atoms with van der Waals surface area (Å²) in [6.07, 6.45) is 0. The summed E-state index contributed by atoms with van der Waals surface area (Å²) >= 11 is 5.79. The minimum absolute atomic E-state index is 0.0206. The van der Waals surface area contributed by atoms with Gasteiger partial charge < -0.3 is 31.9 Å². The molecule has 2 atom stereocenters. The molecule has 1 aromatic heterocycles. The molecule has 1 heterocycles. The molecule has 36 heavy (non-hydrogen) atoms. The fraction of sp³-hybridized carbons (Fsp3) is 0.304. The number of hydrogen-bond donors (Lipinski definition) is 5. The van der Waals surface area contributed by atoms with Crippen molar-refractivity contribution in [3.8, 4) is 0 Å². The van der Waals surface area contributed by atoms with Crippen molar-refractivity contribution in [1.82, 2.24) is 20.0 Å². The van der Waals surface area contributed by atoms with E-state index in [0.29, 0.717) is 16.6 Å². The lowest BCUT2D eigenvalue weighted by Crippen LogP contribution is -2.48. The Morgan fingerprint density at radius 2 is 1.94 bits per heavy atom. The second-order valence-electron chi connectivity index (χ2n) is 8.15. The molecule has 0 aliphatic rings. The van der Waals surface area contributed by atoms with Crippen LogP contribution in [0.3, 0.4) is 0 Å². The van der Waals surface area contributed by atoms with Gasteiger partial charge in [-0.15, -0.1) is 0 Å². The quantitative estimate of drug-likeness (QED) is 0.242. The van der Waals surface area contributed by atoms with Crippen molar-refractivity contribution >= 4 is 45.9 Å². The van der Waals surface area contributed by atoms with Gasteiger partial charge in [-0.1, -0.05) is 23.7 Å². The Hall–Kier alpha value is -3.74. The van der Waals surface area contributed by atoms with Crippen LogP contribution < -0.4 is 16.8 Å². The van der Waals surface area contributed by atoms with Gasteiger partial charge in [0.15, 0.2) is 5.69 Å². The van der Waals surface area contributed by atoms with E-state index >= 15 is 0 Å². The first kappa shape index (κ1) is 26.9. The first-order chi connectivity index (χ1) is 17.1. The Morgan fingerprint density at radius 3 is 2.58 bits per heavy atom. The van der Waals surface area contributed by atoms with Gasteiger partial charge in [0.25, 0.3) is 5.91 Å². The van der Waals surface area contributed by atoms with Crippen molar-refractivity contribution in [2.24, 2.45) is 5.73 Å². The molecular weight excluding hydrogens is 495 g/mol. The number of aliphatic hydroxyl groups excluding tert-OH is 2. The molecule has 0 saturated heterocycles. The number of aromatic nitrogens is 2. The van der Waals surface area contributed by atoms with Crippen LogP contribution in [0.2, 0.25) is 5.02 Å². The molecule has 2 unspecified atom stereocenters. The van der Waals surface area contributed by atoms with Crippen LogP contribution in [0.5, 0.6) is 0 Å². The van der Waals surface area contributed by atoms with Gasteiger partial charge in [0.1, 0.15) is 12.4 Å². The number of carbonyl (C=O) groups is 3. The number of nitrogens with one attached hydrogen (secondary N) is 1.